The van der Waals surface area contributed by atoms with Crippen molar-refractivity contribution in [3.63, 3.8) is 0 Å². The van der Waals surface area contributed by atoms with Crippen molar-refractivity contribution >= 4 is 44.5 Å². The highest BCUT2D eigenvalue weighted by atomic mass is 32.2. The Balaban J connectivity index is 1.70. The monoisotopic (exact) mass is 415 g/mol. The maximum absolute atomic E-state index is 12.4. The summed E-state index contributed by atoms with van der Waals surface area (Å²) in [5.74, 6) is -0.625. The number of sulfonamides is 1. The molecule has 1 heterocycles. The van der Waals surface area contributed by atoms with Gasteiger partial charge in [0.15, 0.2) is 0 Å². The summed E-state index contributed by atoms with van der Waals surface area (Å²) in [4.78, 5) is 24.1. The molecular formula is C19H17N3O4S2. The second kappa shape index (κ2) is 8.24. The zero-order valence-corrected chi connectivity index (χ0v) is 16.4. The van der Waals surface area contributed by atoms with Gasteiger partial charge in [0, 0.05) is 29.5 Å². The molecule has 2 amide bonds. The summed E-state index contributed by atoms with van der Waals surface area (Å²) in [5, 5.41) is 6.91. The predicted molar refractivity (Wildman–Crippen MR) is 109 cm³/mol. The van der Waals surface area contributed by atoms with Crippen LogP contribution in [-0.4, -0.2) is 27.3 Å². The number of nitrogens with one attached hydrogen (secondary N) is 3. The van der Waals surface area contributed by atoms with Gasteiger partial charge in [-0.25, -0.2) is 8.42 Å². The average Bonchev–Trinajstić information content (AvgIpc) is 3.24. The maximum Gasteiger partial charge on any atom is 0.271 e. The van der Waals surface area contributed by atoms with E-state index in [2.05, 4.69) is 15.4 Å². The zero-order chi connectivity index (χ0) is 20.1. The molecule has 0 saturated heterocycles. The van der Waals surface area contributed by atoms with Crippen LogP contribution in [0.3, 0.4) is 0 Å². The Morgan fingerprint density at radius 2 is 1.61 bits per heavy atom. The molecule has 0 aliphatic carbocycles. The Hall–Kier alpha value is -3.17. The predicted octanol–water partition coefficient (Wildman–Crippen LogP) is 3.16. The number of amides is 2. The SMILES string of the molecule is CNC(=O)c1cccc(NC(=O)c2ccc(NS(=O)(=O)c3cccs3)cc2)c1. The molecule has 0 radical (unpaired) electrons. The van der Waals surface area contributed by atoms with E-state index < -0.39 is 10.0 Å². The third-order valence-electron chi connectivity index (χ3n) is 3.77. The number of benzene rings is 2. The Bertz CT molecular complexity index is 1090. The quantitative estimate of drug-likeness (QED) is 0.575. The molecule has 0 bridgehead atoms. The van der Waals surface area contributed by atoms with Crippen molar-refractivity contribution in [3.8, 4) is 0 Å². The van der Waals surface area contributed by atoms with Crippen LogP contribution in [0.5, 0.6) is 0 Å². The highest BCUT2D eigenvalue weighted by Crippen LogP contribution is 2.21. The van der Waals surface area contributed by atoms with Crippen LogP contribution >= 0.6 is 11.3 Å². The molecule has 0 aliphatic rings. The van der Waals surface area contributed by atoms with Crippen LogP contribution in [-0.2, 0) is 10.0 Å². The molecule has 28 heavy (non-hydrogen) atoms. The molecule has 3 rings (SSSR count). The summed E-state index contributed by atoms with van der Waals surface area (Å²) in [6.07, 6.45) is 0. The molecule has 0 saturated carbocycles. The molecule has 0 spiro atoms. The fourth-order valence-corrected chi connectivity index (χ4v) is 4.45. The minimum atomic E-state index is -3.64. The Morgan fingerprint density at radius 3 is 2.25 bits per heavy atom. The summed E-state index contributed by atoms with van der Waals surface area (Å²) < 4.78 is 27.1. The first-order valence-corrected chi connectivity index (χ1v) is 10.6. The first-order chi connectivity index (χ1) is 13.4. The molecule has 1 aromatic heterocycles. The van der Waals surface area contributed by atoms with E-state index in [1.54, 1.807) is 35.7 Å². The number of anilines is 2. The van der Waals surface area contributed by atoms with Crippen LogP contribution in [0.25, 0.3) is 0 Å². The average molecular weight is 415 g/mol. The van der Waals surface area contributed by atoms with E-state index in [1.165, 1.54) is 37.4 Å². The highest BCUT2D eigenvalue weighted by Gasteiger charge is 2.15. The van der Waals surface area contributed by atoms with Crippen molar-refractivity contribution in [2.75, 3.05) is 17.1 Å². The lowest BCUT2D eigenvalue weighted by atomic mass is 10.1. The largest absolute Gasteiger partial charge is 0.355 e. The summed E-state index contributed by atoms with van der Waals surface area (Å²) in [5.41, 5.74) is 1.61. The van der Waals surface area contributed by atoms with Crippen LogP contribution in [0.4, 0.5) is 11.4 Å². The lowest BCUT2D eigenvalue weighted by molar-refractivity contribution is 0.0961. The van der Waals surface area contributed by atoms with E-state index >= 15 is 0 Å². The van der Waals surface area contributed by atoms with Crippen LogP contribution in [0, 0.1) is 0 Å². The maximum atomic E-state index is 12.4. The van der Waals surface area contributed by atoms with Gasteiger partial charge in [-0.1, -0.05) is 12.1 Å². The molecule has 2 aromatic carbocycles. The van der Waals surface area contributed by atoms with Crippen LogP contribution in [0.15, 0.2) is 70.3 Å². The van der Waals surface area contributed by atoms with Gasteiger partial charge in [-0.3, -0.25) is 14.3 Å². The summed E-state index contributed by atoms with van der Waals surface area (Å²) >= 11 is 1.12. The van der Waals surface area contributed by atoms with Crippen LogP contribution in [0.2, 0.25) is 0 Å². The summed E-state index contributed by atoms with van der Waals surface area (Å²) in [6, 6.07) is 15.8. The van der Waals surface area contributed by atoms with E-state index in [9.17, 15) is 18.0 Å². The lowest BCUT2D eigenvalue weighted by Gasteiger charge is -2.09. The number of carbonyl (C=O) groups excluding carboxylic acids is 2. The van der Waals surface area contributed by atoms with Crippen molar-refractivity contribution < 1.29 is 18.0 Å². The molecule has 144 valence electrons. The minimum Gasteiger partial charge on any atom is -0.355 e. The molecule has 0 fully saturated rings. The van der Waals surface area contributed by atoms with Gasteiger partial charge in [-0.05, 0) is 53.9 Å². The van der Waals surface area contributed by atoms with E-state index in [1.807, 2.05) is 0 Å². The standard InChI is InChI=1S/C19H17N3O4S2/c1-20-18(23)14-4-2-5-16(12-14)21-19(24)13-7-9-15(10-8-13)22-28(25,26)17-6-3-11-27-17/h2-12,22H,1H3,(H,20,23)(H,21,24). The molecule has 3 N–H and O–H groups in total. The summed E-state index contributed by atoms with van der Waals surface area (Å²) in [6.45, 7) is 0. The number of thiophene rings is 1. The van der Waals surface area contributed by atoms with Crippen LogP contribution < -0.4 is 15.4 Å². The number of carbonyl (C=O) groups is 2. The van der Waals surface area contributed by atoms with Gasteiger partial charge < -0.3 is 10.6 Å². The first-order valence-electron chi connectivity index (χ1n) is 8.19. The number of hydrogen-bond acceptors (Lipinski definition) is 5. The van der Waals surface area contributed by atoms with Crippen molar-refractivity contribution in [1.82, 2.24) is 5.32 Å². The Labute approximate surface area is 166 Å². The third kappa shape index (κ3) is 4.56. The fraction of sp³-hybridized carbons (Fsp3) is 0.0526. The normalized spacial score (nSPS) is 10.9. The van der Waals surface area contributed by atoms with E-state index in [0.29, 0.717) is 22.5 Å². The summed E-state index contributed by atoms with van der Waals surface area (Å²) in [7, 11) is -2.11. The van der Waals surface area contributed by atoms with Gasteiger partial charge >= 0.3 is 0 Å². The van der Waals surface area contributed by atoms with E-state index in [-0.39, 0.29) is 16.0 Å². The van der Waals surface area contributed by atoms with Gasteiger partial charge in [0.2, 0.25) is 0 Å². The molecule has 7 nitrogen and oxygen atoms in total. The number of rotatable bonds is 6. The minimum absolute atomic E-state index is 0.213. The molecular weight excluding hydrogens is 398 g/mol. The highest BCUT2D eigenvalue weighted by molar-refractivity contribution is 7.94. The van der Waals surface area contributed by atoms with Gasteiger partial charge in [-0.15, -0.1) is 11.3 Å². The fourth-order valence-electron chi connectivity index (χ4n) is 2.40. The molecule has 0 unspecified atom stereocenters. The molecule has 0 aliphatic heterocycles. The molecule has 0 atom stereocenters. The van der Waals surface area contributed by atoms with Gasteiger partial charge in [0.05, 0.1) is 0 Å². The van der Waals surface area contributed by atoms with Crippen molar-refractivity contribution in [2.45, 2.75) is 4.21 Å². The lowest BCUT2D eigenvalue weighted by Crippen LogP contribution is -2.18. The number of hydrogen-bond donors (Lipinski definition) is 3. The Morgan fingerprint density at radius 1 is 0.857 bits per heavy atom. The smallest absolute Gasteiger partial charge is 0.271 e. The second-order valence-corrected chi connectivity index (χ2v) is 8.59. The molecule has 9 heteroatoms. The van der Waals surface area contributed by atoms with Gasteiger partial charge in [-0.2, -0.15) is 0 Å². The third-order valence-corrected chi connectivity index (χ3v) is 6.55. The first kappa shape index (κ1) is 19.6. The van der Waals surface area contributed by atoms with Gasteiger partial charge in [0.25, 0.3) is 21.8 Å². The zero-order valence-electron chi connectivity index (χ0n) is 14.8. The van der Waals surface area contributed by atoms with E-state index in [0.717, 1.165) is 11.3 Å². The van der Waals surface area contributed by atoms with Crippen molar-refractivity contribution in [3.05, 3.63) is 77.2 Å². The van der Waals surface area contributed by atoms with Gasteiger partial charge in [0.1, 0.15) is 4.21 Å². The molecule has 3 aromatic rings. The van der Waals surface area contributed by atoms with Crippen molar-refractivity contribution in [1.29, 1.82) is 0 Å². The van der Waals surface area contributed by atoms with Crippen molar-refractivity contribution in [2.24, 2.45) is 0 Å². The van der Waals surface area contributed by atoms with Crippen LogP contribution in [0.1, 0.15) is 20.7 Å². The second-order valence-electron chi connectivity index (χ2n) is 5.73. The topological polar surface area (TPSA) is 104 Å². The van der Waals surface area contributed by atoms with E-state index in [4.69, 9.17) is 0 Å². The Kier molecular flexibility index (Phi) is 5.76.